The van der Waals surface area contributed by atoms with Crippen molar-refractivity contribution < 1.29 is 71.8 Å². The van der Waals surface area contributed by atoms with E-state index in [1.807, 2.05) is 6.92 Å². The number of methoxy groups -OCH3 is 1. The second-order valence-electron chi connectivity index (χ2n) is 16.0. The molecule has 55 heavy (non-hydrogen) atoms. The van der Waals surface area contributed by atoms with Crippen LogP contribution in [0.4, 0.5) is 4.79 Å². The predicted octanol–water partition coefficient (Wildman–Crippen LogP) is 1.60. The van der Waals surface area contributed by atoms with Gasteiger partial charge in [0.1, 0.15) is 23.7 Å². The van der Waals surface area contributed by atoms with Crippen molar-refractivity contribution in [1.82, 2.24) is 5.43 Å². The average molecular weight is 780 g/mol. The van der Waals surface area contributed by atoms with E-state index >= 15 is 0 Å². The maximum absolute atomic E-state index is 14.4. The average Bonchev–Trinajstić information content (AvgIpc) is 3.35. The Morgan fingerprint density at radius 2 is 1.53 bits per heavy atom. The van der Waals surface area contributed by atoms with Gasteiger partial charge in [0, 0.05) is 45.4 Å². The summed E-state index contributed by atoms with van der Waals surface area (Å²) in [7, 11) is 1.11. The number of nitrogens with two attached hydrogens (primary N) is 1. The van der Waals surface area contributed by atoms with Crippen LogP contribution in [0.25, 0.3) is 0 Å². The number of ether oxygens (including phenoxy) is 7. The van der Waals surface area contributed by atoms with E-state index < -0.39 is 89.1 Å². The van der Waals surface area contributed by atoms with Gasteiger partial charge in [0.05, 0.1) is 13.2 Å². The van der Waals surface area contributed by atoms with E-state index in [1.165, 1.54) is 6.92 Å². The number of fused-ring (bicyclic) bond motifs is 5. The van der Waals surface area contributed by atoms with Gasteiger partial charge in [-0.15, -0.1) is 0 Å². The molecule has 1 saturated heterocycles. The zero-order chi connectivity index (χ0) is 40.6. The summed E-state index contributed by atoms with van der Waals surface area (Å²) in [5.74, 6) is -4.31. The first-order valence-electron chi connectivity index (χ1n) is 18.7. The molecule has 1 aliphatic heterocycles. The number of primary amides is 1. The summed E-state index contributed by atoms with van der Waals surface area (Å²) in [5, 5.41) is 16.3. The van der Waals surface area contributed by atoms with Gasteiger partial charge in [0.15, 0.2) is 30.7 Å². The Kier molecular flexibility index (Phi) is 12.3. The molecule has 1 heterocycles. The van der Waals surface area contributed by atoms with Crippen molar-refractivity contribution in [1.29, 1.82) is 0 Å². The summed E-state index contributed by atoms with van der Waals surface area (Å²) < 4.78 is 39.0. The number of rotatable bonds is 10. The third kappa shape index (κ3) is 8.08. The van der Waals surface area contributed by atoms with E-state index in [-0.39, 0.29) is 54.6 Å². The number of Topliss-reactive ketones (excluding diaryl/α,β-unsaturated/α-hetero) is 1. The van der Waals surface area contributed by atoms with Crippen LogP contribution in [0.1, 0.15) is 92.9 Å². The number of nitrogens with zero attached hydrogens (tertiary/aromatic N) is 1. The summed E-state index contributed by atoms with van der Waals surface area (Å²) >= 11 is 0. The van der Waals surface area contributed by atoms with Crippen molar-refractivity contribution in [3.8, 4) is 0 Å². The molecule has 0 unspecified atom stereocenters. The minimum atomic E-state index is -1.65. The van der Waals surface area contributed by atoms with E-state index in [1.54, 1.807) is 0 Å². The van der Waals surface area contributed by atoms with E-state index in [2.05, 4.69) is 17.5 Å². The molecular formula is C37H53N3O15. The van der Waals surface area contributed by atoms with Crippen molar-refractivity contribution in [3.05, 3.63) is 0 Å². The second kappa shape index (κ2) is 16.1. The van der Waals surface area contributed by atoms with Gasteiger partial charge in [0.2, 0.25) is 0 Å². The van der Waals surface area contributed by atoms with Crippen LogP contribution in [0, 0.1) is 34.5 Å². The quantitative estimate of drug-likeness (QED) is 0.0936. The largest absolute Gasteiger partial charge is 0.467 e. The number of hydrazone groups is 1. The number of ketones is 1. The molecule has 4 aliphatic carbocycles. The van der Waals surface area contributed by atoms with Gasteiger partial charge in [-0.2, -0.15) is 5.10 Å². The van der Waals surface area contributed by atoms with E-state index in [9.17, 15) is 38.7 Å². The number of carbonyl (C=O) groups excluding carboxylic acids is 7. The lowest BCUT2D eigenvalue weighted by atomic mass is 9.44. The highest BCUT2D eigenvalue weighted by atomic mass is 16.7. The lowest BCUT2D eigenvalue weighted by Gasteiger charge is -2.60. The molecule has 5 fully saturated rings. The highest BCUT2D eigenvalue weighted by Crippen LogP contribution is 2.67. The Labute approximate surface area is 318 Å². The Hall–Kier alpha value is -4.16. The molecule has 0 aromatic carbocycles. The lowest BCUT2D eigenvalue weighted by Crippen LogP contribution is -2.64. The molecule has 13 atom stereocenters. The number of aliphatic hydroxyl groups is 1. The summed E-state index contributed by atoms with van der Waals surface area (Å²) in [4.78, 5) is 87.2. The minimum absolute atomic E-state index is 0.0116. The van der Waals surface area contributed by atoms with E-state index in [4.69, 9.17) is 38.9 Å². The normalized spacial score (nSPS) is 39.6. The molecule has 4 N–H and O–H groups in total. The first-order valence-corrected chi connectivity index (χ1v) is 18.7. The molecule has 0 aromatic heterocycles. The van der Waals surface area contributed by atoms with Crippen LogP contribution in [0.3, 0.4) is 0 Å². The molecule has 2 amide bonds. The van der Waals surface area contributed by atoms with Crippen LogP contribution in [0.15, 0.2) is 5.10 Å². The fraction of sp³-hybridized carbons (Fsp3) is 0.784. The second-order valence-corrected chi connectivity index (χ2v) is 16.0. The summed E-state index contributed by atoms with van der Waals surface area (Å²) in [6.07, 6.45) is -4.04. The molecular weight excluding hydrogens is 726 g/mol. The zero-order valence-electron chi connectivity index (χ0n) is 32.3. The number of esters is 5. The Bertz CT molecular complexity index is 1600. The molecule has 4 saturated carbocycles. The van der Waals surface area contributed by atoms with Crippen LogP contribution in [0.2, 0.25) is 0 Å². The number of nitrogens with one attached hydrogen (secondary N) is 1. The molecule has 0 spiro atoms. The molecule has 5 rings (SSSR count). The van der Waals surface area contributed by atoms with Crippen LogP contribution >= 0.6 is 0 Å². The molecule has 18 nitrogen and oxygen atoms in total. The molecule has 5 aliphatic rings. The highest BCUT2D eigenvalue weighted by Gasteiger charge is 2.69. The maximum atomic E-state index is 14.4. The van der Waals surface area contributed by atoms with Crippen LogP contribution in [0.5, 0.6) is 0 Å². The van der Waals surface area contributed by atoms with Gasteiger partial charge >= 0.3 is 35.9 Å². The van der Waals surface area contributed by atoms with Crippen LogP contribution < -0.4 is 11.2 Å². The van der Waals surface area contributed by atoms with Gasteiger partial charge in [-0.05, 0) is 68.1 Å². The fourth-order valence-electron chi connectivity index (χ4n) is 10.6. The monoisotopic (exact) mass is 779 g/mol. The van der Waals surface area contributed by atoms with Crippen molar-refractivity contribution in [3.63, 3.8) is 0 Å². The van der Waals surface area contributed by atoms with Crippen LogP contribution in [-0.2, 0) is 61.9 Å². The molecule has 306 valence electrons. The van der Waals surface area contributed by atoms with Gasteiger partial charge in [-0.1, -0.05) is 13.8 Å². The van der Waals surface area contributed by atoms with Gasteiger partial charge in [-0.25, -0.2) is 15.0 Å². The van der Waals surface area contributed by atoms with Crippen LogP contribution in [-0.4, -0.2) is 109 Å². The van der Waals surface area contributed by atoms with E-state index in [0.29, 0.717) is 32.1 Å². The number of carbonyl (C=O) groups is 7. The zero-order valence-corrected chi connectivity index (χ0v) is 32.3. The first kappa shape index (κ1) is 42.0. The van der Waals surface area contributed by atoms with Crippen molar-refractivity contribution in [2.24, 2.45) is 45.3 Å². The molecule has 0 aromatic rings. The SMILES string of the molecule is COC(=O)[C@@H]1O[C@@H](O[C@@H]2CC[C@]3(C)[C@H](CC[C@@H]4[C@@H]3C(=O)C[C@]3(C)[C@H]4CC[C@]3(O)/C(COC(C)=O)=N\NC(N)=O)C2)[C@H](OC(C)=O)[C@@H](OC(C)=O)[C@@H]1OC(C)=O. The topological polar surface area (TPSA) is 255 Å². The molecule has 0 radical (unpaired) electrons. The Balaban J connectivity index is 1.37. The van der Waals surface area contributed by atoms with Crippen molar-refractivity contribution >= 4 is 47.4 Å². The number of amides is 2. The summed E-state index contributed by atoms with van der Waals surface area (Å²) in [5.41, 5.74) is 4.39. The maximum Gasteiger partial charge on any atom is 0.339 e. The number of hydrogen-bond acceptors (Lipinski definition) is 16. The fourth-order valence-corrected chi connectivity index (χ4v) is 10.6. The smallest absolute Gasteiger partial charge is 0.339 e. The summed E-state index contributed by atoms with van der Waals surface area (Å²) in [6, 6.07) is -0.954. The third-order valence-electron chi connectivity index (χ3n) is 12.8. The molecule has 0 bridgehead atoms. The predicted molar refractivity (Wildman–Crippen MR) is 186 cm³/mol. The minimum Gasteiger partial charge on any atom is -0.467 e. The number of urea groups is 1. The number of hydrogen-bond donors (Lipinski definition) is 3. The van der Waals surface area contributed by atoms with Gasteiger partial charge < -0.3 is 44.0 Å². The standard InChI is InChI=1S/C37H53N3O15/c1-17(41)50-16-26(39-40-34(38)47)37(48)13-11-24-23-9-8-21-14-22(10-12-35(21,5)27(23)25(45)15-36(24,37)6)54-33-31(53-20(4)44)29(52-19(3)43)28(51-18(2)42)30(55-33)32(46)49-7/h21-24,27-31,33,48H,8-16H2,1-7H3,(H3,38,40,47)/b39-26-/t21-,22-,23+,24+,27-,28+,29+,30-,31-,33-,35-,36-,37+/m1/s1. The van der Waals surface area contributed by atoms with E-state index in [0.717, 1.165) is 34.3 Å². The lowest BCUT2D eigenvalue weighted by molar-refractivity contribution is -0.314. The van der Waals surface area contributed by atoms with Crippen molar-refractivity contribution in [2.45, 2.75) is 135 Å². The van der Waals surface area contributed by atoms with Gasteiger partial charge in [0.25, 0.3) is 0 Å². The first-order chi connectivity index (χ1) is 25.7. The Morgan fingerprint density at radius 3 is 2.13 bits per heavy atom. The highest BCUT2D eigenvalue weighted by molar-refractivity contribution is 5.97. The van der Waals surface area contributed by atoms with Gasteiger partial charge in [-0.3, -0.25) is 24.0 Å². The molecule has 18 heteroatoms. The summed E-state index contributed by atoms with van der Waals surface area (Å²) in [6.45, 7) is 8.19. The third-order valence-corrected chi connectivity index (χ3v) is 12.8. The Morgan fingerprint density at radius 1 is 0.891 bits per heavy atom. The van der Waals surface area contributed by atoms with Crippen molar-refractivity contribution in [2.75, 3.05) is 13.7 Å².